The van der Waals surface area contributed by atoms with Crippen molar-refractivity contribution in [1.29, 1.82) is 5.26 Å². The van der Waals surface area contributed by atoms with Crippen molar-refractivity contribution in [3.8, 4) is 6.07 Å². The Labute approximate surface area is 179 Å². The summed E-state index contributed by atoms with van der Waals surface area (Å²) < 4.78 is 5.26. The normalized spacial score (nSPS) is 18.8. The number of benzene rings is 1. The Balaban J connectivity index is 1.64. The van der Waals surface area contributed by atoms with Gasteiger partial charge in [0.25, 0.3) is 5.91 Å². The lowest BCUT2D eigenvalue weighted by molar-refractivity contribution is -0.383. The molecule has 0 saturated heterocycles. The van der Waals surface area contributed by atoms with E-state index in [1.165, 1.54) is 18.2 Å². The summed E-state index contributed by atoms with van der Waals surface area (Å²) in [5, 5.41) is 26.6. The zero-order valence-corrected chi connectivity index (χ0v) is 17.7. The van der Waals surface area contributed by atoms with E-state index in [1.54, 1.807) is 20.8 Å². The van der Waals surface area contributed by atoms with Crippen molar-refractivity contribution in [2.75, 3.05) is 0 Å². The molecule has 0 spiro atoms. The minimum atomic E-state index is -0.596. The molecule has 164 valence electrons. The number of carbonyl (C=O) groups is 2. The molecule has 0 unspecified atom stereocenters. The summed E-state index contributed by atoms with van der Waals surface area (Å²) in [6, 6.07) is 6.18. The number of nitrogens with zero attached hydrogens (tertiary/aromatic N) is 2. The quantitative estimate of drug-likeness (QED) is 0.502. The van der Waals surface area contributed by atoms with Crippen LogP contribution in [0.1, 0.15) is 62.5 Å². The van der Waals surface area contributed by atoms with E-state index < -0.39 is 22.5 Å². The maximum atomic E-state index is 12.8. The average Bonchev–Trinajstić information content (AvgIpc) is 3.07. The van der Waals surface area contributed by atoms with Crippen molar-refractivity contribution in [3.05, 3.63) is 39.6 Å². The predicted molar refractivity (Wildman–Crippen MR) is 113 cm³/mol. The molecule has 0 radical (unpaired) electrons. The molecule has 1 heterocycles. The highest BCUT2D eigenvalue weighted by Crippen LogP contribution is 2.31. The summed E-state index contributed by atoms with van der Waals surface area (Å²) in [7, 11) is 0. The van der Waals surface area contributed by atoms with Crippen molar-refractivity contribution in [1.82, 2.24) is 15.6 Å². The second-order valence-electron chi connectivity index (χ2n) is 8.65. The molecule has 1 aliphatic carbocycles. The lowest BCUT2D eigenvalue weighted by atomic mass is 9.91. The van der Waals surface area contributed by atoms with Gasteiger partial charge >= 0.3 is 11.8 Å². The Kier molecular flexibility index (Phi) is 6.15. The van der Waals surface area contributed by atoms with Crippen LogP contribution in [0.25, 0.3) is 10.9 Å². The molecule has 10 heteroatoms. The van der Waals surface area contributed by atoms with Gasteiger partial charge in [-0.15, -0.1) is 0 Å². The summed E-state index contributed by atoms with van der Waals surface area (Å²) in [4.78, 5) is 38.5. The van der Waals surface area contributed by atoms with E-state index in [0.29, 0.717) is 36.8 Å². The number of ether oxygens (including phenoxy) is 1. The maximum Gasteiger partial charge on any atom is 0.407 e. The molecule has 1 saturated carbocycles. The van der Waals surface area contributed by atoms with Gasteiger partial charge in [-0.3, -0.25) is 14.9 Å². The van der Waals surface area contributed by atoms with Crippen LogP contribution < -0.4 is 10.6 Å². The molecule has 1 fully saturated rings. The zero-order valence-electron chi connectivity index (χ0n) is 17.7. The topological polar surface area (TPSA) is 150 Å². The third-order valence-corrected chi connectivity index (χ3v) is 5.09. The predicted octanol–water partition coefficient (Wildman–Crippen LogP) is 3.51. The summed E-state index contributed by atoms with van der Waals surface area (Å²) in [6.07, 6.45) is 2.09. The molecule has 0 atom stereocenters. The van der Waals surface area contributed by atoms with Gasteiger partial charge in [0.1, 0.15) is 5.60 Å². The van der Waals surface area contributed by atoms with E-state index >= 15 is 0 Å². The Morgan fingerprint density at radius 1 is 1.19 bits per heavy atom. The minimum absolute atomic E-state index is 0.0465. The molecule has 2 aromatic rings. The Hall–Kier alpha value is -3.61. The second kappa shape index (κ2) is 8.63. The van der Waals surface area contributed by atoms with E-state index in [0.717, 1.165) is 0 Å². The number of amides is 2. The van der Waals surface area contributed by atoms with Crippen LogP contribution in [-0.2, 0) is 4.74 Å². The SMILES string of the molecule is CC(C)(C)OC(=O)NC1CCC(NC(=O)c2[nH]c3cc(C#N)ccc3c2[N+](=O)[O-])CC1. The number of aromatic nitrogens is 1. The van der Waals surface area contributed by atoms with Crippen LogP contribution in [0, 0.1) is 21.4 Å². The fourth-order valence-electron chi connectivity index (χ4n) is 3.72. The fourth-order valence-corrected chi connectivity index (χ4v) is 3.72. The lowest BCUT2D eigenvalue weighted by Gasteiger charge is -2.30. The highest BCUT2D eigenvalue weighted by atomic mass is 16.6. The molecule has 3 N–H and O–H groups in total. The highest BCUT2D eigenvalue weighted by Gasteiger charge is 2.30. The number of H-pyrrole nitrogens is 1. The van der Waals surface area contributed by atoms with Crippen LogP contribution in [0.3, 0.4) is 0 Å². The van der Waals surface area contributed by atoms with Crippen LogP contribution in [0.15, 0.2) is 18.2 Å². The molecule has 1 aromatic carbocycles. The van der Waals surface area contributed by atoms with Gasteiger partial charge in [-0.2, -0.15) is 5.26 Å². The van der Waals surface area contributed by atoms with E-state index in [9.17, 15) is 19.7 Å². The molecular formula is C21H25N5O5. The summed E-state index contributed by atoms with van der Waals surface area (Å²) in [5.41, 5.74) is -0.314. The number of hydrogen-bond acceptors (Lipinski definition) is 6. The number of aromatic amines is 1. The molecule has 1 aliphatic rings. The number of fused-ring (bicyclic) bond motifs is 1. The van der Waals surface area contributed by atoms with Crippen molar-refractivity contribution in [2.24, 2.45) is 0 Å². The van der Waals surface area contributed by atoms with Gasteiger partial charge in [-0.25, -0.2) is 4.79 Å². The monoisotopic (exact) mass is 427 g/mol. The standard InChI is InChI=1S/C21H25N5O5/c1-21(2,3)31-20(28)24-14-7-5-13(6-8-14)23-19(27)17-18(26(29)30)15-9-4-12(11-22)10-16(15)25-17/h4,9-10,13-14,25H,5-8H2,1-3H3,(H,23,27)(H,24,28). The van der Waals surface area contributed by atoms with Crippen molar-refractivity contribution >= 4 is 28.6 Å². The maximum absolute atomic E-state index is 12.8. The molecule has 31 heavy (non-hydrogen) atoms. The average molecular weight is 427 g/mol. The van der Waals surface area contributed by atoms with Crippen LogP contribution in [0.2, 0.25) is 0 Å². The number of nitro groups is 1. The fraction of sp³-hybridized carbons (Fsp3) is 0.476. The second-order valence-corrected chi connectivity index (χ2v) is 8.65. The number of carbonyl (C=O) groups excluding carboxylic acids is 2. The molecular weight excluding hydrogens is 402 g/mol. The Bertz CT molecular complexity index is 1050. The van der Waals surface area contributed by atoms with Crippen molar-refractivity contribution in [3.63, 3.8) is 0 Å². The first kappa shape index (κ1) is 22.1. The highest BCUT2D eigenvalue weighted by molar-refractivity contribution is 6.06. The third kappa shape index (κ3) is 5.31. The van der Waals surface area contributed by atoms with Crippen molar-refractivity contribution in [2.45, 2.75) is 64.1 Å². The number of nitrogens with one attached hydrogen (secondary N) is 3. The third-order valence-electron chi connectivity index (χ3n) is 5.09. The summed E-state index contributed by atoms with van der Waals surface area (Å²) >= 11 is 0. The molecule has 10 nitrogen and oxygen atoms in total. The number of rotatable bonds is 4. The first-order valence-electron chi connectivity index (χ1n) is 10.1. The van der Waals surface area contributed by atoms with E-state index in [4.69, 9.17) is 10.00 Å². The van der Waals surface area contributed by atoms with Gasteiger partial charge in [0.15, 0.2) is 5.69 Å². The lowest BCUT2D eigenvalue weighted by Crippen LogP contribution is -2.45. The van der Waals surface area contributed by atoms with Gasteiger partial charge in [0.05, 0.1) is 27.5 Å². The van der Waals surface area contributed by atoms with Gasteiger partial charge in [0.2, 0.25) is 0 Å². The van der Waals surface area contributed by atoms with Gasteiger partial charge in [0, 0.05) is 12.1 Å². The number of hydrogen-bond donors (Lipinski definition) is 3. The molecule has 0 bridgehead atoms. The largest absolute Gasteiger partial charge is 0.444 e. The van der Waals surface area contributed by atoms with Crippen LogP contribution in [-0.4, -0.2) is 39.6 Å². The summed E-state index contributed by atoms with van der Waals surface area (Å²) in [6.45, 7) is 5.38. The molecule has 0 aliphatic heterocycles. The van der Waals surface area contributed by atoms with E-state index in [-0.39, 0.29) is 28.9 Å². The van der Waals surface area contributed by atoms with Gasteiger partial charge < -0.3 is 20.4 Å². The van der Waals surface area contributed by atoms with Gasteiger partial charge in [-0.05, 0) is 64.7 Å². The smallest absolute Gasteiger partial charge is 0.407 e. The van der Waals surface area contributed by atoms with Crippen molar-refractivity contribution < 1.29 is 19.2 Å². The first-order chi connectivity index (χ1) is 14.6. The first-order valence-corrected chi connectivity index (χ1v) is 10.1. The Morgan fingerprint density at radius 2 is 1.81 bits per heavy atom. The number of alkyl carbamates (subject to hydrolysis) is 1. The molecule has 3 rings (SSSR count). The van der Waals surface area contributed by atoms with Crippen LogP contribution >= 0.6 is 0 Å². The van der Waals surface area contributed by atoms with E-state index in [1.807, 2.05) is 6.07 Å². The zero-order chi connectivity index (χ0) is 22.8. The number of nitriles is 1. The Morgan fingerprint density at radius 3 is 2.35 bits per heavy atom. The van der Waals surface area contributed by atoms with E-state index in [2.05, 4.69) is 15.6 Å². The van der Waals surface area contributed by atoms with Crippen LogP contribution in [0.4, 0.5) is 10.5 Å². The summed E-state index contributed by atoms with van der Waals surface area (Å²) in [5.74, 6) is -0.565. The minimum Gasteiger partial charge on any atom is -0.444 e. The molecule has 1 aromatic heterocycles. The molecule has 2 amide bonds. The van der Waals surface area contributed by atoms with Crippen LogP contribution in [0.5, 0.6) is 0 Å². The van der Waals surface area contributed by atoms with Gasteiger partial charge in [-0.1, -0.05) is 0 Å².